The highest BCUT2D eigenvalue weighted by Crippen LogP contribution is 2.36. The van der Waals surface area contributed by atoms with E-state index in [0.717, 1.165) is 31.4 Å². The first-order chi connectivity index (χ1) is 13.7. The van der Waals surface area contributed by atoms with Crippen LogP contribution in [0.3, 0.4) is 0 Å². The Morgan fingerprint density at radius 2 is 1.93 bits per heavy atom. The lowest BCUT2D eigenvalue weighted by Crippen LogP contribution is -2.23. The number of nitrogens with zero attached hydrogens (tertiary/aromatic N) is 2. The Morgan fingerprint density at radius 3 is 2.64 bits per heavy atom. The van der Waals surface area contributed by atoms with Gasteiger partial charge < -0.3 is 5.32 Å². The van der Waals surface area contributed by atoms with E-state index in [-0.39, 0.29) is 23.3 Å². The van der Waals surface area contributed by atoms with Gasteiger partial charge in [-0.3, -0.25) is 14.2 Å². The number of aromatic nitrogens is 2. The molecule has 28 heavy (non-hydrogen) atoms. The zero-order valence-electron chi connectivity index (χ0n) is 15.9. The maximum atomic E-state index is 12.9. The van der Waals surface area contributed by atoms with E-state index < -0.39 is 0 Å². The first-order valence-corrected chi connectivity index (χ1v) is 10.7. The Bertz CT molecular complexity index is 1060. The Hall–Kier alpha value is -2.60. The van der Waals surface area contributed by atoms with Crippen molar-refractivity contribution in [2.45, 2.75) is 43.8 Å². The fourth-order valence-corrected chi connectivity index (χ4v) is 4.12. The van der Waals surface area contributed by atoms with Crippen LogP contribution in [0.2, 0.25) is 0 Å². The molecule has 1 saturated carbocycles. The van der Waals surface area contributed by atoms with Gasteiger partial charge in [0.1, 0.15) is 0 Å². The number of benzene rings is 2. The average Bonchev–Trinajstić information content (AvgIpc) is 3.53. The monoisotopic (exact) mass is 393 g/mol. The van der Waals surface area contributed by atoms with Crippen LogP contribution < -0.4 is 10.9 Å². The molecule has 0 atom stereocenters. The summed E-state index contributed by atoms with van der Waals surface area (Å²) in [5.74, 6) is 0.117. The number of rotatable bonds is 7. The maximum absolute atomic E-state index is 12.9. The van der Waals surface area contributed by atoms with Crippen molar-refractivity contribution in [1.29, 1.82) is 0 Å². The standard InChI is InChI=1S/C22H23N3O2S/c1-2-5-15-8-10-16(11-9-15)23-20(26)14-28-22-24-19-7-4-3-6-18(19)21(27)25(22)17-12-13-17/h3-4,6-11,17H,2,5,12-14H2,1H3,(H,23,26). The minimum atomic E-state index is -0.0991. The van der Waals surface area contributed by atoms with E-state index in [1.165, 1.54) is 17.3 Å². The highest BCUT2D eigenvalue weighted by Gasteiger charge is 2.28. The van der Waals surface area contributed by atoms with Gasteiger partial charge in [0, 0.05) is 11.7 Å². The molecule has 0 aliphatic heterocycles. The second kappa shape index (κ2) is 8.19. The highest BCUT2D eigenvalue weighted by molar-refractivity contribution is 7.99. The number of para-hydroxylation sites is 1. The van der Waals surface area contributed by atoms with Crippen LogP contribution in [0.5, 0.6) is 0 Å². The number of amides is 1. The first-order valence-electron chi connectivity index (χ1n) is 9.68. The molecule has 0 spiro atoms. The normalized spacial score (nSPS) is 13.6. The number of carbonyl (C=O) groups excluding carboxylic acids is 1. The molecule has 3 aromatic rings. The van der Waals surface area contributed by atoms with Crippen molar-refractivity contribution in [2.75, 3.05) is 11.1 Å². The minimum absolute atomic E-state index is 0.0116. The van der Waals surface area contributed by atoms with Crippen LogP contribution in [0.15, 0.2) is 58.5 Å². The molecule has 4 rings (SSSR count). The van der Waals surface area contributed by atoms with E-state index in [1.807, 2.05) is 48.5 Å². The van der Waals surface area contributed by atoms with Crippen LogP contribution in [-0.2, 0) is 11.2 Å². The van der Waals surface area contributed by atoms with E-state index in [1.54, 1.807) is 4.57 Å². The predicted octanol–water partition coefficient (Wildman–Crippen LogP) is 4.41. The summed E-state index contributed by atoms with van der Waals surface area (Å²) >= 11 is 1.32. The molecule has 0 saturated heterocycles. The van der Waals surface area contributed by atoms with Gasteiger partial charge in [0.2, 0.25) is 5.91 Å². The molecule has 1 N–H and O–H groups in total. The Morgan fingerprint density at radius 1 is 1.18 bits per heavy atom. The lowest BCUT2D eigenvalue weighted by atomic mass is 10.1. The molecule has 1 aliphatic rings. The summed E-state index contributed by atoms with van der Waals surface area (Å²) < 4.78 is 1.76. The maximum Gasteiger partial charge on any atom is 0.262 e. The summed E-state index contributed by atoms with van der Waals surface area (Å²) in [4.78, 5) is 29.9. The third-order valence-corrected chi connectivity index (χ3v) is 5.75. The third kappa shape index (κ3) is 4.12. The second-order valence-corrected chi connectivity index (χ2v) is 8.04. The molecular weight excluding hydrogens is 370 g/mol. The average molecular weight is 394 g/mol. The van der Waals surface area contributed by atoms with Gasteiger partial charge >= 0.3 is 0 Å². The topological polar surface area (TPSA) is 64.0 Å². The zero-order valence-corrected chi connectivity index (χ0v) is 16.7. The van der Waals surface area contributed by atoms with Gasteiger partial charge in [-0.05, 0) is 49.1 Å². The van der Waals surface area contributed by atoms with Crippen LogP contribution in [0.4, 0.5) is 5.69 Å². The van der Waals surface area contributed by atoms with E-state index in [4.69, 9.17) is 0 Å². The molecule has 0 bridgehead atoms. The van der Waals surface area contributed by atoms with Crippen molar-refractivity contribution in [3.8, 4) is 0 Å². The molecule has 1 amide bonds. The van der Waals surface area contributed by atoms with Crippen LogP contribution in [0.25, 0.3) is 10.9 Å². The molecule has 0 unspecified atom stereocenters. The van der Waals surface area contributed by atoms with Gasteiger partial charge in [0.15, 0.2) is 5.16 Å². The van der Waals surface area contributed by atoms with Gasteiger partial charge in [0.05, 0.1) is 16.7 Å². The Labute approximate surface area is 168 Å². The van der Waals surface area contributed by atoms with Crippen LogP contribution in [0, 0.1) is 0 Å². The van der Waals surface area contributed by atoms with Crippen molar-refractivity contribution in [3.05, 3.63) is 64.4 Å². The van der Waals surface area contributed by atoms with Crippen molar-refractivity contribution >= 4 is 34.3 Å². The van der Waals surface area contributed by atoms with Crippen molar-refractivity contribution < 1.29 is 4.79 Å². The first kappa shape index (κ1) is 18.7. The van der Waals surface area contributed by atoms with E-state index >= 15 is 0 Å². The molecule has 6 heteroatoms. The lowest BCUT2D eigenvalue weighted by Gasteiger charge is -2.12. The molecule has 5 nitrogen and oxygen atoms in total. The molecule has 1 aromatic heterocycles. The van der Waals surface area contributed by atoms with Crippen molar-refractivity contribution in [3.63, 3.8) is 0 Å². The fraction of sp³-hybridized carbons (Fsp3) is 0.318. The van der Waals surface area contributed by atoms with E-state index in [9.17, 15) is 9.59 Å². The van der Waals surface area contributed by atoms with Gasteiger partial charge in [0.25, 0.3) is 5.56 Å². The number of carbonyl (C=O) groups is 1. The second-order valence-electron chi connectivity index (χ2n) is 7.10. The Balaban J connectivity index is 1.48. The molecule has 1 fully saturated rings. The summed E-state index contributed by atoms with van der Waals surface area (Å²) in [5.41, 5.74) is 2.72. The summed E-state index contributed by atoms with van der Waals surface area (Å²) in [6, 6.07) is 15.5. The quantitative estimate of drug-likeness (QED) is 0.477. The molecule has 0 radical (unpaired) electrons. The largest absolute Gasteiger partial charge is 0.325 e. The number of aryl methyl sites for hydroxylation is 1. The fourth-order valence-electron chi connectivity index (χ4n) is 3.25. The molecular formula is C22H23N3O2S. The Kier molecular flexibility index (Phi) is 5.48. The van der Waals surface area contributed by atoms with E-state index in [0.29, 0.717) is 16.1 Å². The number of anilines is 1. The predicted molar refractivity (Wildman–Crippen MR) is 114 cm³/mol. The van der Waals surface area contributed by atoms with Gasteiger partial charge in [-0.2, -0.15) is 0 Å². The van der Waals surface area contributed by atoms with E-state index in [2.05, 4.69) is 17.2 Å². The summed E-state index contributed by atoms with van der Waals surface area (Å²) in [7, 11) is 0. The minimum Gasteiger partial charge on any atom is -0.325 e. The SMILES string of the molecule is CCCc1ccc(NC(=O)CSc2nc3ccccc3c(=O)n2C2CC2)cc1. The number of fused-ring (bicyclic) bond motifs is 1. The van der Waals surface area contributed by atoms with Crippen molar-refractivity contribution in [2.24, 2.45) is 0 Å². The van der Waals surface area contributed by atoms with Crippen LogP contribution in [0.1, 0.15) is 37.8 Å². The number of thioether (sulfide) groups is 1. The van der Waals surface area contributed by atoms with Crippen LogP contribution >= 0.6 is 11.8 Å². The zero-order chi connectivity index (χ0) is 19.5. The lowest BCUT2D eigenvalue weighted by molar-refractivity contribution is -0.113. The summed E-state index contributed by atoms with van der Waals surface area (Å²) in [6.07, 6.45) is 4.12. The number of nitrogens with one attached hydrogen (secondary N) is 1. The number of hydrogen-bond donors (Lipinski definition) is 1. The molecule has 1 heterocycles. The van der Waals surface area contributed by atoms with Gasteiger partial charge in [-0.15, -0.1) is 0 Å². The summed E-state index contributed by atoms with van der Waals surface area (Å²) in [6.45, 7) is 2.15. The van der Waals surface area contributed by atoms with Gasteiger partial charge in [-0.25, -0.2) is 4.98 Å². The van der Waals surface area contributed by atoms with Crippen molar-refractivity contribution in [1.82, 2.24) is 9.55 Å². The molecule has 144 valence electrons. The highest BCUT2D eigenvalue weighted by atomic mass is 32.2. The third-order valence-electron chi connectivity index (χ3n) is 4.80. The van der Waals surface area contributed by atoms with Crippen LogP contribution in [-0.4, -0.2) is 21.2 Å². The summed E-state index contributed by atoms with van der Waals surface area (Å²) in [5, 5.41) is 4.18. The molecule has 2 aromatic carbocycles. The molecule has 1 aliphatic carbocycles. The van der Waals surface area contributed by atoms with Gasteiger partial charge in [-0.1, -0.05) is 49.4 Å². The smallest absolute Gasteiger partial charge is 0.262 e. The number of hydrogen-bond acceptors (Lipinski definition) is 4.